The Morgan fingerprint density at radius 3 is 2.61 bits per heavy atom. The summed E-state index contributed by atoms with van der Waals surface area (Å²) in [6, 6.07) is 3.78. The maximum Gasteiger partial charge on any atom is 0.137 e. The normalized spacial score (nSPS) is 12.4. The standard InChI is InChI=1S/C13H22N2O3/c1-3-12(14)13-5-4-11(10-15-13)18-9-8-17-7-6-16-2/h4-5,10,12H,3,6-9,14H2,1-2H3. The predicted octanol–water partition coefficient (Wildman–Crippen LogP) is 1.53. The number of nitrogens with zero attached hydrogens (tertiary/aromatic N) is 1. The van der Waals surface area contributed by atoms with Crippen molar-refractivity contribution in [3.05, 3.63) is 24.0 Å². The lowest BCUT2D eigenvalue weighted by molar-refractivity contribution is 0.0543. The Bertz CT molecular complexity index is 317. The van der Waals surface area contributed by atoms with Gasteiger partial charge in [0.15, 0.2) is 0 Å². The van der Waals surface area contributed by atoms with E-state index in [0.29, 0.717) is 26.4 Å². The van der Waals surface area contributed by atoms with Gasteiger partial charge in [-0.1, -0.05) is 6.92 Å². The Balaban J connectivity index is 2.22. The molecular weight excluding hydrogens is 232 g/mol. The fourth-order valence-corrected chi connectivity index (χ4v) is 1.37. The van der Waals surface area contributed by atoms with Crippen LogP contribution in [0.25, 0.3) is 0 Å². The highest BCUT2D eigenvalue weighted by molar-refractivity contribution is 5.21. The first-order chi connectivity index (χ1) is 8.77. The molecule has 102 valence electrons. The Labute approximate surface area is 108 Å². The van der Waals surface area contributed by atoms with E-state index in [1.54, 1.807) is 13.3 Å². The smallest absolute Gasteiger partial charge is 0.137 e. The molecule has 0 spiro atoms. The first kappa shape index (κ1) is 14.9. The average Bonchev–Trinajstić information content (AvgIpc) is 2.42. The lowest BCUT2D eigenvalue weighted by Gasteiger charge is -2.10. The Kier molecular flexibility index (Phi) is 7.32. The zero-order chi connectivity index (χ0) is 13.2. The fourth-order valence-electron chi connectivity index (χ4n) is 1.37. The highest BCUT2D eigenvalue weighted by Crippen LogP contribution is 2.14. The second-order valence-corrected chi connectivity index (χ2v) is 3.89. The molecule has 5 nitrogen and oxygen atoms in total. The van der Waals surface area contributed by atoms with Gasteiger partial charge < -0.3 is 19.9 Å². The van der Waals surface area contributed by atoms with Gasteiger partial charge in [0, 0.05) is 13.2 Å². The van der Waals surface area contributed by atoms with Crippen molar-refractivity contribution in [3.63, 3.8) is 0 Å². The Morgan fingerprint density at radius 1 is 1.22 bits per heavy atom. The van der Waals surface area contributed by atoms with Crippen LogP contribution < -0.4 is 10.5 Å². The number of rotatable bonds is 9. The van der Waals surface area contributed by atoms with Crippen LogP contribution in [0, 0.1) is 0 Å². The second kappa shape index (κ2) is 8.85. The third-order valence-electron chi connectivity index (χ3n) is 2.51. The number of pyridine rings is 1. The monoisotopic (exact) mass is 254 g/mol. The zero-order valence-electron chi connectivity index (χ0n) is 11.1. The molecule has 1 unspecified atom stereocenters. The number of nitrogens with two attached hydrogens (primary N) is 1. The van der Waals surface area contributed by atoms with Crippen molar-refractivity contribution < 1.29 is 14.2 Å². The molecule has 1 aromatic rings. The summed E-state index contributed by atoms with van der Waals surface area (Å²) in [7, 11) is 1.65. The van der Waals surface area contributed by atoms with Crippen LogP contribution in [-0.4, -0.2) is 38.5 Å². The van der Waals surface area contributed by atoms with Gasteiger partial charge in [0.1, 0.15) is 12.4 Å². The first-order valence-electron chi connectivity index (χ1n) is 6.19. The molecule has 0 fully saturated rings. The lowest BCUT2D eigenvalue weighted by atomic mass is 10.1. The summed E-state index contributed by atoms with van der Waals surface area (Å²) in [6.07, 6.45) is 2.57. The number of ether oxygens (including phenoxy) is 3. The van der Waals surface area contributed by atoms with Gasteiger partial charge in [-0.3, -0.25) is 4.98 Å². The van der Waals surface area contributed by atoms with Gasteiger partial charge in [-0.15, -0.1) is 0 Å². The molecule has 0 aromatic carbocycles. The largest absolute Gasteiger partial charge is 0.490 e. The third kappa shape index (κ3) is 5.44. The second-order valence-electron chi connectivity index (χ2n) is 3.89. The van der Waals surface area contributed by atoms with Crippen molar-refractivity contribution in [2.75, 3.05) is 33.5 Å². The highest BCUT2D eigenvalue weighted by atomic mass is 16.5. The molecule has 0 amide bonds. The zero-order valence-corrected chi connectivity index (χ0v) is 11.1. The topological polar surface area (TPSA) is 66.6 Å². The maximum absolute atomic E-state index is 5.88. The van der Waals surface area contributed by atoms with Gasteiger partial charge in [-0.05, 0) is 18.6 Å². The molecule has 1 rings (SSSR count). The van der Waals surface area contributed by atoms with Crippen LogP contribution in [0.4, 0.5) is 0 Å². The molecule has 2 N–H and O–H groups in total. The van der Waals surface area contributed by atoms with Crippen molar-refractivity contribution in [1.82, 2.24) is 4.98 Å². The van der Waals surface area contributed by atoms with E-state index in [1.165, 1.54) is 0 Å². The van der Waals surface area contributed by atoms with Crippen LogP contribution in [0.1, 0.15) is 25.1 Å². The summed E-state index contributed by atoms with van der Waals surface area (Å²) in [5.74, 6) is 0.734. The number of hydrogen-bond donors (Lipinski definition) is 1. The van der Waals surface area contributed by atoms with E-state index >= 15 is 0 Å². The molecule has 0 saturated carbocycles. The molecule has 0 aliphatic heterocycles. The molecule has 1 heterocycles. The summed E-state index contributed by atoms with van der Waals surface area (Å²) in [4.78, 5) is 4.27. The number of hydrogen-bond acceptors (Lipinski definition) is 5. The van der Waals surface area contributed by atoms with Crippen LogP contribution in [0.3, 0.4) is 0 Å². The summed E-state index contributed by atoms with van der Waals surface area (Å²) in [6.45, 7) is 4.27. The number of aromatic nitrogens is 1. The molecule has 18 heavy (non-hydrogen) atoms. The van der Waals surface area contributed by atoms with E-state index in [1.807, 2.05) is 19.1 Å². The molecule has 0 radical (unpaired) electrons. The molecule has 5 heteroatoms. The Hall–Kier alpha value is -1.17. The van der Waals surface area contributed by atoms with E-state index in [2.05, 4.69) is 4.98 Å². The van der Waals surface area contributed by atoms with Gasteiger partial charge in [-0.2, -0.15) is 0 Å². The number of methoxy groups -OCH3 is 1. The van der Waals surface area contributed by atoms with E-state index in [4.69, 9.17) is 19.9 Å². The lowest BCUT2D eigenvalue weighted by Crippen LogP contribution is -2.12. The van der Waals surface area contributed by atoms with Gasteiger partial charge >= 0.3 is 0 Å². The molecule has 0 aliphatic carbocycles. The van der Waals surface area contributed by atoms with Crippen molar-refractivity contribution >= 4 is 0 Å². The van der Waals surface area contributed by atoms with Crippen LogP contribution in [0.15, 0.2) is 18.3 Å². The van der Waals surface area contributed by atoms with Gasteiger partial charge in [0.05, 0.1) is 31.7 Å². The molecule has 0 bridgehead atoms. The minimum atomic E-state index is -0.00331. The van der Waals surface area contributed by atoms with Crippen molar-refractivity contribution in [3.8, 4) is 5.75 Å². The molecule has 0 saturated heterocycles. The Morgan fingerprint density at radius 2 is 2.00 bits per heavy atom. The van der Waals surface area contributed by atoms with Gasteiger partial charge in [0.2, 0.25) is 0 Å². The van der Waals surface area contributed by atoms with Gasteiger partial charge in [-0.25, -0.2) is 0 Å². The minimum Gasteiger partial charge on any atom is -0.490 e. The van der Waals surface area contributed by atoms with E-state index in [9.17, 15) is 0 Å². The summed E-state index contributed by atoms with van der Waals surface area (Å²) < 4.78 is 15.6. The maximum atomic E-state index is 5.88. The average molecular weight is 254 g/mol. The van der Waals surface area contributed by atoms with E-state index in [0.717, 1.165) is 17.9 Å². The predicted molar refractivity (Wildman–Crippen MR) is 69.6 cm³/mol. The van der Waals surface area contributed by atoms with Crippen LogP contribution in [-0.2, 0) is 9.47 Å². The van der Waals surface area contributed by atoms with E-state index < -0.39 is 0 Å². The quantitative estimate of drug-likeness (QED) is 0.677. The molecule has 0 aliphatic rings. The van der Waals surface area contributed by atoms with Crippen molar-refractivity contribution in [2.24, 2.45) is 5.73 Å². The molecule has 1 atom stereocenters. The summed E-state index contributed by atoms with van der Waals surface area (Å²) in [5.41, 5.74) is 6.77. The third-order valence-corrected chi connectivity index (χ3v) is 2.51. The van der Waals surface area contributed by atoms with Crippen LogP contribution >= 0.6 is 0 Å². The van der Waals surface area contributed by atoms with Crippen LogP contribution in [0.5, 0.6) is 5.75 Å². The molecular formula is C13H22N2O3. The van der Waals surface area contributed by atoms with Crippen molar-refractivity contribution in [2.45, 2.75) is 19.4 Å². The minimum absolute atomic E-state index is 0.00331. The van der Waals surface area contributed by atoms with E-state index in [-0.39, 0.29) is 6.04 Å². The molecule has 1 aromatic heterocycles. The fraction of sp³-hybridized carbons (Fsp3) is 0.615. The van der Waals surface area contributed by atoms with Crippen molar-refractivity contribution in [1.29, 1.82) is 0 Å². The van der Waals surface area contributed by atoms with Gasteiger partial charge in [0.25, 0.3) is 0 Å². The van der Waals surface area contributed by atoms with Crippen LogP contribution in [0.2, 0.25) is 0 Å². The SMILES string of the molecule is CCC(N)c1ccc(OCCOCCOC)cn1. The summed E-state index contributed by atoms with van der Waals surface area (Å²) >= 11 is 0. The first-order valence-corrected chi connectivity index (χ1v) is 6.19. The summed E-state index contributed by atoms with van der Waals surface area (Å²) in [5, 5.41) is 0. The highest BCUT2D eigenvalue weighted by Gasteiger charge is 2.04.